The standard InChI is InChI=1S/C15H19N3/c1-4-11-7-6-8-12(9-11)13-10-15(16-3)18-14(5-2)17-13/h6-10H,4-5H2,1-3H3,(H,16,17,18). The van der Waals surface area contributed by atoms with Crippen LogP contribution in [0.4, 0.5) is 5.82 Å². The van der Waals surface area contributed by atoms with Crippen molar-refractivity contribution >= 4 is 5.82 Å². The van der Waals surface area contributed by atoms with Gasteiger partial charge in [0.25, 0.3) is 0 Å². The Hall–Kier alpha value is -1.90. The number of aromatic nitrogens is 2. The van der Waals surface area contributed by atoms with E-state index in [0.29, 0.717) is 0 Å². The van der Waals surface area contributed by atoms with Gasteiger partial charge in [-0.25, -0.2) is 9.97 Å². The van der Waals surface area contributed by atoms with Crippen LogP contribution in [0.2, 0.25) is 0 Å². The Morgan fingerprint density at radius 2 is 1.89 bits per heavy atom. The molecule has 0 fully saturated rings. The third kappa shape index (κ3) is 2.67. The highest BCUT2D eigenvalue weighted by Gasteiger charge is 2.05. The van der Waals surface area contributed by atoms with Crippen LogP contribution in [0.25, 0.3) is 11.3 Å². The van der Waals surface area contributed by atoms with Crippen LogP contribution in [0.1, 0.15) is 25.2 Å². The highest BCUT2D eigenvalue weighted by Crippen LogP contribution is 2.21. The van der Waals surface area contributed by atoms with Gasteiger partial charge >= 0.3 is 0 Å². The van der Waals surface area contributed by atoms with E-state index < -0.39 is 0 Å². The fourth-order valence-electron chi connectivity index (χ4n) is 1.88. The van der Waals surface area contributed by atoms with Gasteiger partial charge in [0.1, 0.15) is 11.6 Å². The van der Waals surface area contributed by atoms with Gasteiger partial charge in [0.2, 0.25) is 0 Å². The van der Waals surface area contributed by atoms with Gasteiger partial charge in [-0.05, 0) is 18.1 Å². The first-order chi connectivity index (χ1) is 8.76. The van der Waals surface area contributed by atoms with Crippen LogP contribution in [0.15, 0.2) is 30.3 Å². The van der Waals surface area contributed by atoms with E-state index in [0.717, 1.165) is 35.7 Å². The molecule has 0 saturated heterocycles. The van der Waals surface area contributed by atoms with E-state index in [1.807, 2.05) is 13.1 Å². The molecule has 94 valence electrons. The molecule has 0 amide bonds. The van der Waals surface area contributed by atoms with E-state index in [1.165, 1.54) is 5.56 Å². The molecule has 0 aliphatic heterocycles. The van der Waals surface area contributed by atoms with Gasteiger partial charge in [0.15, 0.2) is 0 Å². The number of anilines is 1. The summed E-state index contributed by atoms with van der Waals surface area (Å²) in [6.45, 7) is 4.23. The summed E-state index contributed by atoms with van der Waals surface area (Å²) in [7, 11) is 1.88. The number of rotatable bonds is 4. The van der Waals surface area contributed by atoms with Crippen molar-refractivity contribution in [2.75, 3.05) is 12.4 Å². The number of aryl methyl sites for hydroxylation is 2. The Bertz CT molecular complexity index is 513. The van der Waals surface area contributed by atoms with Crippen molar-refractivity contribution in [1.29, 1.82) is 0 Å². The predicted octanol–water partition coefficient (Wildman–Crippen LogP) is 3.31. The van der Waals surface area contributed by atoms with Crippen molar-refractivity contribution in [3.8, 4) is 11.3 Å². The molecule has 2 rings (SSSR count). The molecular weight excluding hydrogens is 222 g/mol. The van der Waals surface area contributed by atoms with Crippen molar-refractivity contribution in [1.82, 2.24) is 9.97 Å². The average molecular weight is 241 g/mol. The first kappa shape index (κ1) is 12.6. The van der Waals surface area contributed by atoms with E-state index in [-0.39, 0.29) is 0 Å². The van der Waals surface area contributed by atoms with Crippen molar-refractivity contribution in [3.05, 3.63) is 41.7 Å². The molecular formula is C15H19N3. The van der Waals surface area contributed by atoms with Crippen LogP contribution in [0.5, 0.6) is 0 Å². The maximum absolute atomic E-state index is 4.59. The minimum atomic E-state index is 0.843. The van der Waals surface area contributed by atoms with Gasteiger partial charge < -0.3 is 5.32 Å². The van der Waals surface area contributed by atoms with E-state index in [1.54, 1.807) is 0 Å². The molecule has 1 aromatic carbocycles. The van der Waals surface area contributed by atoms with Gasteiger partial charge in [-0.2, -0.15) is 0 Å². The lowest BCUT2D eigenvalue weighted by atomic mass is 10.1. The van der Waals surface area contributed by atoms with Gasteiger partial charge in [-0.15, -0.1) is 0 Å². The minimum absolute atomic E-state index is 0.843. The SMILES string of the molecule is CCc1cccc(-c2cc(NC)nc(CC)n2)c1. The summed E-state index contributed by atoms with van der Waals surface area (Å²) in [6, 6.07) is 10.5. The lowest BCUT2D eigenvalue weighted by Gasteiger charge is -2.08. The van der Waals surface area contributed by atoms with Gasteiger partial charge in [-0.1, -0.05) is 32.0 Å². The molecule has 18 heavy (non-hydrogen) atoms. The van der Waals surface area contributed by atoms with E-state index in [2.05, 4.69) is 53.4 Å². The average Bonchev–Trinajstić information content (AvgIpc) is 2.46. The molecule has 0 aliphatic rings. The third-order valence-electron chi connectivity index (χ3n) is 2.98. The van der Waals surface area contributed by atoms with Crippen LogP contribution in [-0.2, 0) is 12.8 Å². The second-order valence-corrected chi connectivity index (χ2v) is 4.21. The van der Waals surface area contributed by atoms with Crippen LogP contribution in [-0.4, -0.2) is 17.0 Å². The second-order valence-electron chi connectivity index (χ2n) is 4.21. The summed E-state index contributed by atoms with van der Waals surface area (Å²) in [5.41, 5.74) is 3.47. The summed E-state index contributed by atoms with van der Waals surface area (Å²) >= 11 is 0. The van der Waals surface area contributed by atoms with E-state index in [9.17, 15) is 0 Å². The summed E-state index contributed by atoms with van der Waals surface area (Å²) in [5, 5.41) is 3.09. The quantitative estimate of drug-likeness (QED) is 0.892. The molecule has 0 spiro atoms. The molecule has 3 heteroatoms. The number of hydrogen-bond donors (Lipinski definition) is 1. The van der Waals surface area contributed by atoms with Gasteiger partial charge in [-0.3, -0.25) is 0 Å². The maximum atomic E-state index is 4.59. The first-order valence-electron chi connectivity index (χ1n) is 6.41. The highest BCUT2D eigenvalue weighted by molar-refractivity contribution is 5.63. The fourth-order valence-corrected chi connectivity index (χ4v) is 1.88. The molecule has 0 unspecified atom stereocenters. The van der Waals surface area contributed by atoms with Gasteiger partial charge in [0.05, 0.1) is 5.69 Å². The molecule has 0 radical (unpaired) electrons. The zero-order valence-corrected chi connectivity index (χ0v) is 11.2. The molecule has 3 nitrogen and oxygen atoms in total. The molecule has 0 aliphatic carbocycles. The van der Waals surface area contributed by atoms with Crippen molar-refractivity contribution in [3.63, 3.8) is 0 Å². The Morgan fingerprint density at radius 1 is 1.06 bits per heavy atom. The smallest absolute Gasteiger partial charge is 0.131 e. The van der Waals surface area contributed by atoms with Crippen molar-refractivity contribution in [2.24, 2.45) is 0 Å². The lowest BCUT2D eigenvalue weighted by molar-refractivity contribution is 0.944. The molecule has 2 aromatic rings. The molecule has 1 aromatic heterocycles. The van der Waals surface area contributed by atoms with Crippen molar-refractivity contribution < 1.29 is 0 Å². The molecule has 1 N–H and O–H groups in total. The normalized spacial score (nSPS) is 10.4. The Kier molecular flexibility index (Phi) is 3.92. The Balaban J connectivity index is 2.48. The van der Waals surface area contributed by atoms with Crippen LogP contribution in [0, 0.1) is 0 Å². The number of benzene rings is 1. The molecule has 0 atom stereocenters. The Labute approximate surface area is 108 Å². The number of hydrogen-bond acceptors (Lipinski definition) is 3. The molecule has 0 bridgehead atoms. The summed E-state index contributed by atoms with van der Waals surface area (Å²) in [5.74, 6) is 1.75. The number of nitrogens with one attached hydrogen (secondary N) is 1. The topological polar surface area (TPSA) is 37.8 Å². The monoisotopic (exact) mass is 241 g/mol. The summed E-state index contributed by atoms with van der Waals surface area (Å²) in [4.78, 5) is 9.01. The molecule has 0 saturated carbocycles. The largest absolute Gasteiger partial charge is 0.373 e. The first-order valence-corrected chi connectivity index (χ1v) is 6.41. The summed E-state index contributed by atoms with van der Waals surface area (Å²) < 4.78 is 0. The van der Waals surface area contributed by atoms with Crippen LogP contribution >= 0.6 is 0 Å². The number of nitrogens with zero attached hydrogens (tertiary/aromatic N) is 2. The summed E-state index contributed by atoms with van der Waals surface area (Å²) in [6.07, 6.45) is 1.88. The zero-order valence-electron chi connectivity index (χ0n) is 11.2. The minimum Gasteiger partial charge on any atom is -0.373 e. The van der Waals surface area contributed by atoms with E-state index in [4.69, 9.17) is 0 Å². The highest BCUT2D eigenvalue weighted by atomic mass is 15.0. The lowest BCUT2D eigenvalue weighted by Crippen LogP contribution is -2.00. The zero-order chi connectivity index (χ0) is 13.0. The maximum Gasteiger partial charge on any atom is 0.131 e. The van der Waals surface area contributed by atoms with E-state index >= 15 is 0 Å². The predicted molar refractivity (Wildman–Crippen MR) is 75.8 cm³/mol. The Morgan fingerprint density at radius 3 is 2.56 bits per heavy atom. The van der Waals surface area contributed by atoms with Crippen LogP contribution in [0.3, 0.4) is 0 Å². The third-order valence-corrected chi connectivity index (χ3v) is 2.98. The van der Waals surface area contributed by atoms with Gasteiger partial charge in [0, 0.05) is 25.1 Å². The fraction of sp³-hybridized carbons (Fsp3) is 0.333. The van der Waals surface area contributed by atoms with Crippen LogP contribution < -0.4 is 5.32 Å². The van der Waals surface area contributed by atoms with Crippen molar-refractivity contribution in [2.45, 2.75) is 26.7 Å². The second kappa shape index (κ2) is 5.63. The molecule has 1 heterocycles.